The second kappa shape index (κ2) is 8.60. The van der Waals surface area contributed by atoms with Crippen LogP contribution in [0.4, 0.5) is 5.69 Å². The first-order chi connectivity index (χ1) is 13.1. The van der Waals surface area contributed by atoms with E-state index >= 15 is 0 Å². The molecule has 3 aromatic rings. The largest absolute Gasteiger partial charge is 0.325 e. The van der Waals surface area contributed by atoms with Crippen molar-refractivity contribution in [3.63, 3.8) is 0 Å². The second-order valence-electron chi connectivity index (χ2n) is 6.58. The van der Waals surface area contributed by atoms with Crippen LogP contribution in [0.15, 0.2) is 61.2 Å². The molecular formula is C21H25N5O. The molecule has 0 spiro atoms. The molecule has 1 heterocycles. The molecule has 27 heavy (non-hydrogen) atoms. The summed E-state index contributed by atoms with van der Waals surface area (Å²) in [5.41, 5.74) is 4.14. The van der Waals surface area contributed by atoms with E-state index in [9.17, 15) is 4.79 Å². The van der Waals surface area contributed by atoms with Crippen molar-refractivity contribution in [2.75, 3.05) is 18.9 Å². The number of aromatic nitrogens is 3. The molecular weight excluding hydrogens is 338 g/mol. The number of hydrogen-bond donors (Lipinski definition) is 1. The molecule has 1 amide bonds. The van der Waals surface area contributed by atoms with Gasteiger partial charge in [-0.15, -0.1) is 0 Å². The van der Waals surface area contributed by atoms with E-state index in [1.165, 1.54) is 6.33 Å². The van der Waals surface area contributed by atoms with Gasteiger partial charge in [-0.2, -0.15) is 5.10 Å². The third kappa shape index (κ3) is 4.60. The first kappa shape index (κ1) is 18.8. The van der Waals surface area contributed by atoms with Crippen LogP contribution in [0, 0.1) is 0 Å². The molecule has 0 saturated heterocycles. The number of nitrogens with zero attached hydrogens (tertiary/aromatic N) is 4. The number of likely N-dealkylation sites (N-methyl/N-ethyl adjacent to an activating group) is 1. The lowest BCUT2D eigenvalue weighted by Gasteiger charge is -2.25. The van der Waals surface area contributed by atoms with Gasteiger partial charge < -0.3 is 5.32 Å². The summed E-state index contributed by atoms with van der Waals surface area (Å²) < 4.78 is 1.72. The minimum Gasteiger partial charge on any atom is -0.325 e. The van der Waals surface area contributed by atoms with Crippen molar-refractivity contribution in [1.82, 2.24) is 19.7 Å². The van der Waals surface area contributed by atoms with E-state index in [2.05, 4.69) is 41.4 Å². The number of carbonyl (C=O) groups is 1. The van der Waals surface area contributed by atoms with Gasteiger partial charge in [0.25, 0.3) is 0 Å². The number of carbonyl (C=O) groups excluding carboxylic acids is 1. The molecule has 0 aliphatic rings. The maximum absolute atomic E-state index is 12.5. The Kier molecular flexibility index (Phi) is 5.98. The van der Waals surface area contributed by atoms with Crippen LogP contribution in [0.2, 0.25) is 0 Å². The lowest BCUT2D eigenvalue weighted by molar-refractivity contribution is -0.117. The minimum absolute atomic E-state index is 0.00974. The highest BCUT2D eigenvalue weighted by atomic mass is 16.2. The summed E-state index contributed by atoms with van der Waals surface area (Å²) in [6.45, 7) is 4.50. The van der Waals surface area contributed by atoms with Crippen LogP contribution in [-0.4, -0.2) is 39.2 Å². The van der Waals surface area contributed by atoms with E-state index in [0.717, 1.165) is 28.9 Å². The lowest BCUT2D eigenvalue weighted by atomic mass is 10.1. The monoisotopic (exact) mass is 363 g/mol. The van der Waals surface area contributed by atoms with Gasteiger partial charge in [0.1, 0.15) is 12.7 Å². The zero-order chi connectivity index (χ0) is 19.2. The van der Waals surface area contributed by atoms with Crippen molar-refractivity contribution < 1.29 is 4.79 Å². The van der Waals surface area contributed by atoms with Gasteiger partial charge in [0.15, 0.2) is 0 Å². The van der Waals surface area contributed by atoms with Crippen molar-refractivity contribution >= 4 is 11.6 Å². The average molecular weight is 363 g/mol. The number of para-hydroxylation sites is 1. The molecule has 1 atom stereocenters. The van der Waals surface area contributed by atoms with E-state index in [4.69, 9.17) is 0 Å². The van der Waals surface area contributed by atoms with Crippen LogP contribution >= 0.6 is 0 Å². The van der Waals surface area contributed by atoms with Gasteiger partial charge in [-0.1, -0.05) is 37.3 Å². The Hall–Kier alpha value is -2.99. The molecule has 1 unspecified atom stereocenters. The molecule has 2 aromatic carbocycles. The van der Waals surface area contributed by atoms with Gasteiger partial charge in [-0.25, -0.2) is 9.67 Å². The van der Waals surface area contributed by atoms with E-state index in [0.29, 0.717) is 6.54 Å². The molecule has 0 radical (unpaired) electrons. The number of nitrogens with one attached hydrogen (secondary N) is 1. The summed E-state index contributed by atoms with van der Waals surface area (Å²) in [6.07, 6.45) is 4.07. The van der Waals surface area contributed by atoms with Crippen molar-refractivity contribution in [2.45, 2.75) is 26.3 Å². The zero-order valence-electron chi connectivity index (χ0n) is 16.0. The maximum atomic E-state index is 12.5. The lowest BCUT2D eigenvalue weighted by Crippen LogP contribution is -2.32. The van der Waals surface area contributed by atoms with Crippen LogP contribution < -0.4 is 5.32 Å². The molecule has 0 saturated carbocycles. The van der Waals surface area contributed by atoms with Crippen molar-refractivity contribution in [2.24, 2.45) is 0 Å². The molecule has 6 nitrogen and oxygen atoms in total. The van der Waals surface area contributed by atoms with Gasteiger partial charge in [0.05, 0.1) is 12.2 Å². The topological polar surface area (TPSA) is 63.1 Å². The summed E-state index contributed by atoms with van der Waals surface area (Å²) in [5, 5.41) is 7.16. The fourth-order valence-corrected chi connectivity index (χ4v) is 3.01. The Bertz CT molecular complexity index is 874. The fraction of sp³-hybridized carbons (Fsp3) is 0.286. The smallest absolute Gasteiger partial charge is 0.238 e. The molecule has 0 bridgehead atoms. The SMILES string of the molecule is CCc1ccccc1NC(=O)CN(C)C(C)c1ccc(-n2cncn2)cc1. The molecule has 6 heteroatoms. The summed E-state index contributed by atoms with van der Waals surface area (Å²) in [6, 6.07) is 16.2. The van der Waals surface area contributed by atoms with Gasteiger partial charge in [0.2, 0.25) is 5.91 Å². The molecule has 0 fully saturated rings. The first-order valence-electron chi connectivity index (χ1n) is 9.11. The highest BCUT2D eigenvalue weighted by Crippen LogP contribution is 2.21. The number of hydrogen-bond acceptors (Lipinski definition) is 4. The predicted molar refractivity (Wildman–Crippen MR) is 107 cm³/mol. The van der Waals surface area contributed by atoms with Crippen molar-refractivity contribution in [3.8, 4) is 5.69 Å². The van der Waals surface area contributed by atoms with Crippen molar-refractivity contribution in [1.29, 1.82) is 0 Å². The Morgan fingerprint density at radius 2 is 1.93 bits per heavy atom. The van der Waals surface area contributed by atoms with Gasteiger partial charge in [-0.3, -0.25) is 9.69 Å². The van der Waals surface area contributed by atoms with E-state index in [1.807, 2.05) is 48.3 Å². The molecule has 0 aliphatic heterocycles. The van der Waals surface area contributed by atoms with Crippen LogP contribution in [0.25, 0.3) is 5.69 Å². The molecule has 140 valence electrons. The summed E-state index contributed by atoms with van der Waals surface area (Å²) in [7, 11) is 1.96. The van der Waals surface area contributed by atoms with Crippen LogP contribution in [0.1, 0.15) is 31.0 Å². The third-order valence-corrected chi connectivity index (χ3v) is 4.79. The highest BCUT2D eigenvalue weighted by Gasteiger charge is 2.16. The standard InChI is InChI=1S/C21H25N5O/c1-4-17-7-5-6-8-20(17)24-21(27)13-25(3)16(2)18-9-11-19(12-10-18)26-15-22-14-23-26/h5-12,14-16H,4,13H2,1-3H3,(H,24,27). The van der Waals surface area contributed by atoms with E-state index in [-0.39, 0.29) is 11.9 Å². The third-order valence-electron chi connectivity index (χ3n) is 4.79. The highest BCUT2D eigenvalue weighted by molar-refractivity contribution is 5.93. The molecule has 0 aliphatic carbocycles. The Labute approximate surface area is 159 Å². The predicted octanol–water partition coefficient (Wildman–Crippen LogP) is 3.46. The second-order valence-corrected chi connectivity index (χ2v) is 6.58. The van der Waals surface area contributed by atoms with E-state index in [1.54, 1.807) is 11.0 Å². The number of benzene rings is 2. The Morgan fingerprint density at radius 3 is 2.59 bits per heavy atom. The van der Waals surface area contributed by atoms with Crippen LogP contribution in [0.3, 0.4) is 0 Å². The quantitative estimate of drug-likeness (QED) is 0.698. The number of aryl methyl sites for hydroxylation is 1. The fourth-order valence-electron chi connectivity index (χ4n) is 3.01. The van der Waals surface area contributed by atoms with Gasteiger partial charge >= 0.3 is 0 Å². The van der Waals surface area contributed by atoms with E-state index < -0.39 is 0 Å². The average Bonchev–Trinajstić information content (AvgIpc) is 3.22. The number of rotatable bonds is 7. The summed E-state index contributed by atoms with van der Waals surface area (Å²) >= 11 is 0. The first-order valence-corrected chi connectivity index (χ1v) is 9.11. The molecule has 3 rings (SSSR count). The maximum Gasteiger partial charge on any atom is 0.238 e. The minimum atomic E-state index is -0.00974. The zero-order valence-corrected chi connectivity index (χ0v) is 16.0. The van der Waals surface area contributed by atoms with Crippen molar-refractivity contribution in [3.05, 3.63) is 72.3 Å². The Balaban J connectivity index is 1.61. The molecule has 1 N–H and O–H groups in total. The number of anilines is 1. The molecule has 1 aromatic heterocycles. The number of amides is 1. The van der Waals surface area contributed by atoms with Gasteiger partial charge in [0, 0.05) is 11.7 Å². The van der Waals surface area contributed by atoms with Gasteiger partial charge in [-0.05, 0) is 49.7 Å². The summed E-state index contributed by atoms with van der Waals surface area (Å²) in [5.74, 6) is -0.00974. The van der Waals surface area contributed by atoms with Crippen LogP contribution in [-0.2, 0) is 11.2 Å². The Morgan fingerprint density at radius 1 is 1.19 bits per heavy atom. The normalized spacial score (nSPS) is 12.1. The summed E-state index contributed by atoms with van der Waals surface area (Å²) in [4.78, 5) is 18.5. The van der Waals surface area contributed by atoms with Crippen LogP contribution in [0.5, 0.6) is 0 Å².